The summed E-state index contributed by atoms with van der Waals surface area (Å²) in [6.45, 7) is 5.60. The monoisotopic (exact) mass is 306 g/mol. The van der Waals surface area contributed by atoms with Crippen LogP contribution in [0.5, 0.6) is 0 Å². The molecule has 4 aromatic rings. The van der Waals surface area contributed by atoms with E-state index in [9.17, 15) is 5.11 Å². The van der Waals surface area contributed by atoms with Crippen LogP contribution >= 0.6 is 0 Å². The molecule has 5 nitrogen and oxygen atoms in total. The standard InChI is InChI=1S/C18H18N4O/c1-11-9-19-16-10-20-17-15(22(11)16)8-14(21-17)12-4-6-13(7-5-12)18(2,3)23/h4-10,21,23H,1-3H3. The molecule has 0 unspecified atom stereocenters. The number of nitrogens with one attached hydrogen (secondary N) is 1. The van der Waals surface area contributed by atoms with Gasteiger partial charge in [-0.25, -0.2) is 9.97 Å². The molecule has 3 aromatic heterocycles. The number of aryl methyl sites for hydroxylation is 1. The molecule has 0 radical (unpaired) electrons. The van der Waals surface area contributed by atoms with Gasteiger partial charge in [0.05, 0.1) is 17.3 Å². The van der Waals surface area contributed by atoms with Gasteiger partial charge in [-0.15, -0.1) is 0 Å². The number of H-pyrrole nitrogens is 1. The maximum Gasteiger partial charge on any atom is 0.156 e. The van der Waals surface area contributed by atoms with Crippen molar-refractivity contribution in [2.24, 2.45) is 0 Å². The number of nitrogens with zero attached hydrogens (tertiary/aromatic N) is 3. The summed E-state index contributed by atoms with van der Waals surface area (Å²) in [7, 11) is 0. The molecule has 2 N–H and O–H groups in total. The molecule has 0 aliphatic rings. The molecule has 0 saturated heterocycles. The molecular formula is C18H18N4O. The summed E-state index contributed by atoms with van der Waals surface area (Å²) in [5, 5.41) is 10.1. The normalized spacial score (nSPS) is 12.3. The lowest BCUT2D eigenvalue weighted by atomic mass is 9.97. The number of fused-ring (bicyclic) bond motifs is 3. The summed E-state index contributed by atoms with van der Waals surface area (Å²) >= 11 is 0. The summed E-state index contributed by atoms with van der Waals surface area (Å²) in [4.78, 5) is 12.2. The summed E-state index contributed by atoms with van der Waals surface area (Å²) in [6.07, 6.45) is 3.62. The average Bonchev–Trinajstić information content (AvgIpc) is 3.10. The predicted molar refractivity (Wildman–Crippen MR) is 90.3 cm³/mol. The van der Waals surface area contributed by atoms with Crippen LogP contribution in [0.25, 0.3) is 28.1 Å². The first-order chi connectivity index (χ1) is 10.9. The molecular weight excluding hydrogens is 288 g/mol. The number of benzene rings is 1. The minimum atomic E-state index is -0.833. The summed E-state index contributed by atoms with van der Waals surface area (Å²) < 4.78 is 2.09. The summed E-state index contributed by atoms with van der Waals surface area (Å²) in [5.41, 5.74) is 5.88. The van der Waals surface area contributed by atoms with Gasteiger partial charge in [-0.1, -0.05) is 24.3 Å². The van der Waals surface area contributed by atoms with Gasteiger partial charge in [-0.3, -0.25) is 4.40 Å². The average molecular weight is 306 g/mol. The van der Waals surface area contributed by atoms with E-state index in [4.69, 9.17) is 0 Å². The highest BCUT2D eigenvalue weighted by atomic mass is 16.3. The molecule has 1 aromatic carbocycles. The molecule has 0 amide bonds. The SMILES string of the molecule is Cc1cnc2cnc3[nH]c(-c4ccc(C(C)(C)O)cc4)cc3n12. The Morgan fingerprint density at radius 2 is 1.83 bits per heavy atom. The van der Waals surface area contributed by atoms with E-state index < -0.39 is 5.60 Å². The van der Waals surface area contributed by atoms with Crippen molar-refractivity contribution in [1.29, 1.82) is 0 Å². The van der Waals surface area contributed by atoms with Crippen LogP contribution in [0, 0.1) is 6.92 Å². The molecule has 0 atom stereocenters. The number of hydrogen-bond acceptors (Lipinski definition) is 3. The van der Waals surface area contributed by atoms with Gasteiger partial charge in [0, 0.05) is 17.6 Å². The molecule has 23 heavy (non-hydrogen) atoms. The van der Waals surface area contributed by atoms with Crippen LogP contribution < -0.4 is 0 Å². The van der Waals surface area contributed by atoms with Gasteiger partial charge in [-0.05, 0) is 38.0 Å². The summed E-state index contributed by atoms with van der Waals surface area (Å²) in [6, 6.07) is 10.0. The molecule has 5 heteroatoms. The highest BCUT2D eigenvalue weighted by molar-refractivity contribution is 5.82. The van der Waals surface area contributed by atoms with E-state index in [0.29, 0.717) is 0 Å². The molecule has 0 spiro atoms. The van der Waals surface area contributed by atoms with Crippen LogP contribution in [-0.2, 0) is 5.60 Å². The largest absolute Gasteiger partial charge is 0.386 e. The lowest BCUT2D eigenvalue weighted by Gasteiger charge is -2.17. The Balaban J connectivity index is 1.86. The van der Waals surface area contributed by atoms with Gasteiger partial charge >= 0.3 is 0 Å². The fourth-order valence-electron chi connectivity index (χ4n) is 2.90. The van der Waals surface area contributed by atoms with Crippen LogP contribution in [0.3, 0.4) is 0 Å². The first-order valence-corrected chi connectivity index (χ1v) is 7.58. The molecule has 0 aliphatic heterocycles. The maximum absolute atomic E-state index is 10.1. The third kappa shape index (κ3) is 2.21. The van der Waals surface area contributed by atoms with E-state index in [2.05, 4.69) is 25.4 Å². The molecule has 0 aliphatic carbocycles. The topological polar surface area (TPSA) is 66.2 Å². The van der Waals surface area contributed by atoms with Crippen molar-refractivity contribution in [2.45, 2.75) is 26.4 Å². The van der Waals surface area contributed by atoms with Crippen molar-refractivity contribution < 1.29 is 5.11 Å². The molecule has 3 heterocycles. The van der Waals surface area contributed by atoms with Crippen molar-refractivity contribution in [2.75, 3.05) is 0 Å². The van der Waals surface area contributed by atoms with E-state index in [1.165, 1.54) is 0 Å². The van der Waals surface area contributed by atoms with Gasteiger partial charge in [0.1, 0.15) is 0 Å². The van der Waals surface area contributed by atoms with E-state index in [0.717, 1.165) is 39.3 Å². The van der Waals surface area contributed by atoms with Crippen LogP contribution in [0.1, 0.15) is 25.1 Å². The summed E-state index contributed by atoms with van der Waals surface area (Å²) in [5.74, 6) is 0. The number of aromatic amines is 1. The Labute approximate surface area is 133 Å². The van der Waals surface area contributed by atoms with Crippen LogP contribution in [0.15, 0.2) is 42.7 Å². The number of aromatic nitrogens is 4. The van der Waals surface area contributed by atoms with E-state index in [1.54, 1.807) is 20.0 Å². The van der Waals surface area contributed by atoms with E-state index in [-0.39, 0.29) is 0 Å². The van der Waals surface area contributed by atoms with Gasteiger partial charge < -0.3 is 10.1 Å². The quantitative estimate of drug-likeness (QED) is 0.596. The Hall–Kier alpha value is -2.66. The van der Waals surface area contributed by atoms with Crippen molar-refractivity contribution in [3.8, 4) is 11.3 Å². The molecule has 4 rings (SSSR count). The minimum Gasteiger partial charge on any atom is -0.386 e. The lowest BCUT2D eigenvalue weighted by Crippen LogP contribution is -2.14. The molecule has 0 saturated carbocycles. The van der Waals surface area contributed by atoms with Gasteiger partial charge in [0.25, 0.3) is 0 Å². The smallest absolute Gasteiger partial charge is 0.156 e. The number of aliphatic hydroxyl groups is 1. The number of rotatable bonds is 2. The zero-order valence-electron chi connectivity index (χ0n) is 13.3. The van der Waals surface area contributed by atoms with Gasteiger partial charge in [-0.2, -0.15) is 0 Å². The molecule has 0 bridgehead atoms. The molecule has 0 fully saturated rings. The first-order valence-electron chi connectivity index (χ1n) is 7.58. The number of imidazole rings is 1. The van der Waals surface area contributed by atoms with E-state index >= 15 is 0 Å². The van der Waals surface area contributed by atoms with Gasteiger partial charge in [0.15, 0.2) is 11.3 Å². The second-order valence-corrected chi connectivity index (χ2v) is 6.40. The highest BCUT2D eigenvalue weighted by Crippen LogP contribution is 2.27. The first kappa shape index (κ1) is 14.0. The Bertz CT molecular complexity index is 1000. The minimum absolute atomic E-state index is 0.833. The van der Waals surface area contributed by atoms with Crippen LogP contribution in [-0.4, -0.2) is 24.5 Å². The second kappa shape index (κ2) is 4.67. The number of hydrogen-bond donors (Lipinski definition) is 2. The lowest BCUT2D eigenvalue weighted by molar-refractivity contribution is 0.0786. The fourth-order valence-corrected chi connectivity index (χ4v) is 2.90. The Kier molecular flexibility index (Phi) is 2.83. The van der Waals surface area contributed by atoms with Crippen LogP contribution in [0.4, 0.5) is 0 Å². The van der Waals surface area contributed by atoms with Crippen molar-refractivity contribution in [3.05, 3.63) is 54.0 Å². The van der Waals surface area contributed by atoms with Crippen LogP contribution in [0.2, 0.25) is 0 Å². The second-order valence-electron chi connectivity index (χ2n) is 6.40. The maximum atomic E-state index is 10.1. The zero-order chi connectivity index (χ0) is 16.2. The third-order valence-electron chi connectivity index (χ3n) is 4.19. The van der Waals surface area contributed by atoms with Crippen molar-refractivity contribution in [3.63, 3.8) is 0 Å². The highest BCUT2D eigenvalue weighted by Gasteiger charge is 2.16. The Morgan fingerprint density at radius 1 is 1.09 bits per heavy atom. The Morgan fingerprint density at radius 3 is 2.52 bits per heavy atom. The van der Waals surface area contributed by atoms with Crippen molar-refractivity contribution >= 4 is 16.8 Å². The molecule has 116 valence electrons. The third-order valence-corrected chi connectivity index (χ3v) is 4.19. The zero-order valence-corrected chi connectivity index (χ0v) is 13.3. The van der Waals surface area contributed by atoms with E-state index in [1.807, 2.05) is 37.4 Å². The fraction of sp³-hybridized carbons (Fsp3) is 0.222. The predicted octanol–water partition coefficient (Wildman–Crippen LogP) is 3.41. The van der Waals surface area contributed by atoms with Gasteiger partial charge in [0.2, 0.25) is 0 Å². The van der Waals surface area contributed by atoms with Crippen molar-refractivity contribution in [1.82, 2.24) is 19.4 Å².